The van der Waals surface area contributed by atoms with Crippen LogP contribution in [-0.4, -0.2) is 73.3 Å². The van der Waals surface area contributed by atoms with Crippen molar-refractivity contribution in [1.82, 2.24) is 30.1 Å². The predicted octanol–water partition coefficient (Wildman–Crippen LogP) is 1.26. The van der Waals surface area contributed by atoms with Crippen LogP contribution in [0.5, 0.6) is 0 Å². The third-order valence-corrected chi connectivity index (χ3v) is 5.67. The van der Waals surface area contributed by atoms with Gasteiger partial charge in [0.25, 0.3) is 5.91 Å². The fraction of sp³-hybridized carbons (Fsp3) is 0.522. The van der Waals surface area contributed by atoms with Crippen LogP contribution in [0, 0.1) is 5.41 Å². The van der Waals surface area contributed by atoms with Gasteiger partial charge in [-0.25, -0.2) is 4.98 Å². The van der Waals surface area contributed by atoms with Gasteiger partial charge in [-0.15, -0.1) is 0 Å². The molecule has 10 nitrogen and oxygen atoms in total. The van der Waals surface area contributed by atoms with Crippen LogP contribution in [-0.2, 0) is 16.1 Å². The van der Waals surface area contributed by atoms with E-state index >= 15 is 0 Å². The highest BCUT2D eigenvalue weighted by Gasteiger charge is 2.43. The molecule has 2 aromatic rings. The summed E-state index contributed by atoms with van der Waals surface area (Å²) in [7, 11) is 1.69. The van der Waals surface area contributed by atoms with Crippen molar-refractivity contribution < 1.29 is 19.5 Å². The Kier molecular flexibility index (Phi) is 7.16. The summed E-state index contributed by atoms with van der Waals surface area (Å²) in [4.78, 5) is 52.5. The van der Waals surface area contributed by atoms with Gasteiger partial charge in [0.1, 0.15) is 17.6 Å². The largest absolute Gasteiger partial charge is 0.391 e. The number of pyridine rings is 1. The van der Waals surface area contributed by atoms with Gasteiger partial charge in [-0.1, -0.05) is 20.8 Å². The minimum atomic E-state index is -0.759. The molecule has 1 aliphatic heterocycles. The number of nitrogens with zero attached hydrogens (tertiary/aromatic N) is 4. The number of carbonyl (C=O) groups excluding carboxylic acids is 3. The molecule has 0 saturated carbocycles. The van der Waals surface area contributed by atoms with Crippen molar-refractivity contribution in [2.24, 2.45) is 5.41 Å². The lowest BCUT2D eigenvalue weighted by atomic mass is 9.85. The minimum absolute atomic E-state index is 0.127. The number of β-amino-alcohol motifs (C(OH)–C–C–N with tert-alkyl or cyclic N) is 1. The number of rotatable bonds is 6. The van der Waals surface area contributed by atoms with E-state index in [0.717, 1.165) is 5.56 Å². The number of aromatic nitrogens is 3. The minimum Gasteiger partial charge on any atom is -0.391 e. The third-order valence-electron chi connectivity index (χ3n) is 5.67. The predicted molar refractivity (Wildman–Crippen MR) is 121 cm³/mol. The highest BCUT2D eigenvalue weighted by atomic mass is 16.3. The van der Waals surface area contributed by atoms with Crippen molar-refractivity contribution in [3.63, 3.8) is 0 Å². The second kappa shape index (κ2) is 9.70. The maximum Gasteiger partial charge on any atom is 0.274 e. The molecule has 178 valence electrons. The molecule has 1 fully saturated rings. The van der Waals surface area contributed by atoms with Crippen LogP contribution < -0.4 is 5.32 Å². The molecule has 1 saturated heterocycles. The Morgan fingerprint density at radius 2 is 1.97 bits per heavy atom. The zero-order chi connectivity index (χ0) is 24.3. The second-order valence-corrected chi connectivity index (χ2v) is 9.58. The molecule has 2 aromatic heterocycles. The van der Waals surface area contributed by atoms with Crippen LogP contribution in [0.3, 0.4) is 0 Å². The summed E-state index contributed by atoms with van der Waals surface area (Å²) >= 11 is 0. The first kappa shape index (κ1) is 24.4. The zero-order valence-electron chi connectivity index (χ0n) is 19.7. The van der Waals surface area contributed by atoms with Crippen molar-refractivity contribution >= 4 is 17.7 Å². The lowest BCUT2D eigenvalue weighted by Crippen LogP contribution is -2.54. The molecule has 10 heteroatoms. The van der Waals surface area contributed by atoms with Crippen LogP contribution in [0.1, 0.15) is 62.0 Å². The Balaban J connectivity index is 1.78. The SMILES string of the molecule is CC(=O)N[C@H](C(=O)N1C[C@H](O)C[C@H]1c1nc(C(=O)N(C)Cc2ccncc2)c[nH]1)C(C)(C)C. The first-order valence-corrected chi connectivity index (χ1v) is 10.9. The topological polar surface area (TPSA) is 132 Å². The van der Waals surface area contributed by atoms with Crippen molar-refractivity contribution in [2.45, 2.75) is 58.8 Å². The number of hydrogen-bond donors (Lipinski definition) is 3. The van der Waals surface area contributed by atoms with Gasteiger partial charge in [-0.05, 0) is 23.1 Å². The summed E-state index contributed by atoms with van der Waals surface area (Å²) in [6.07, 6.45) is 4.42. The van der Waals surface area contributed by atoms with Crippen LogP contribution in [0.15, 0.2) is 30.7 Å². The molecule has 0 bridgehead atoms. The van der Waals surface area contributed by atoms with E-state index in [1.54, 1.807) is 24.3 Å². The van der Waals surface area contributed by atoms with Crippen LogP contribution in [0.25, 0.3) is 0 Å². The second-order valence-electron chi connectivity index (χ2n) is 9.58. The lowest BCUT2D eigenvalue weighted by Gasteiger charge is -2.35. The summed E-state index contributed by atoms with van der Waals surface area (Å²) in [5, 5.41) is 13.0. The zero-order valence-corrected chi connectivity index (χ0v) is 19.7. The quantitative estimate of drug-likeness (QED) is 0.600. The van der Waals surface area contributed by atoms with E-state index in [-0.39, 0.29) is 36.4 Å². The fourth-order valence-electron chi connectivity index (χ4n) is 3.98. The number of H-pyrrole nitrogens is 1. The molecule has 3 amide bonds. The first-order chi connectivity index (χ1) is 15.5. The molecular weight excluding hydrogens is 424 g/mol. The molecule has 0 radical (unpaired) electrons. The average molecular weight is 457 g/mol. The molecule has 33 heavy (non-hydrogen) atoms. The van der Waals surface area contributed by atoms with Gasteiger partial charge in [-0.2, -0.15) is 0 Å². The number of aliphatic hydroxyl groups excluding tert-OH is 1. The first-order valence-electron chi connectivity index (χ1n) is 10.9. The molecule has 3 atom stereocenters. The lowest BCUT2D eigenvalue weighted by molar-refractivity contribution is -0.140. The van der Waals surface area contributed by atoms with E-state index < -0.39 is 23.6 Å². The van der Waals surface area contributed by atoms with Crippen molar-refractivity contribution in [1.29, 1.82) is 0 Å². The summed E-state index contributed by atoms with van der Waals surface area (Å²) in [5.41, 5.74) is 0.643. The Morgan fingerprint density at radius 1 is 1.30 bits per heavy atom. The number of aromatic amines is 1. The Labute approximate surface area is 193 Å². The maximum atomic E-state index is 13.4. The molecule has 0 aromatic carbocycles. The molecule has 0 aliphatic carbocycles. The molecule has 1 aliphatic rings. The smallest absolute Gasteiger partial charge is 0.274 e. The monoisotopic (exact) mass is 456 g/mol. The third kappa shape index (κ3) is 5.75. The summed E-state index contributed by atoms with van der Waals surface area (Å²) in [6, 6.07) is 2.39. The van der Waals surface area contributed by atoms with E-state index in [2.05, 4.69) is 20.3 Å². The molecule has 3 rings (SSSR count). The van der Waals surface area contributed by atoms with Gasteiger partial charge in [0.2, 0.25) is 11.8 Å². The number of likely N-dealkylation sites (tertiary alicyclic amines) is 1. The van der Waals surface area contributed by atoms with E-state index in [1.807, 2.05) is 32.9 Å². The van der Waals surface area contributed by atoms with Crippen molar-refractivity contribution in [2.75, 3.05) is 13.6 Å². The maximum absolute atomic E-state index is 13.4. The van der Waals surface area contributed by atoms with Gasteiger partial charge < -0.3 is 25.2 Å². The Bertz CT molecular complexity index is 1000. The summed E-state index contributed by atoms with van der Waals surface area (Å²) in [5.74, 6) is -0.436. The molecule has 3 N–H and O–H groups in total. The fourth-order valence-corrected chi connectivity index (χ4v) is 3.98. The standard InChI is InChI=1S/C23H32N6O4/c1-14(30)26-19(23(2,3)4)22(33)29-13-16(31)10-18(29)20-25-11-17(27-20)21(32)28(5)12-15-6-8-24-9-7-15/h6-9,11,16,18-19,31H,10,12-13H2,1-5H3,(H,25,27)(H,26,30)/t16-,18+,19-/m1/s1. The van der Waals surface area contributed by atoms with Gasteiger partial charge in [-0.3, -0.25) is 19.4 Å². The number of aliphatic hydroxyl groups is 1. The van der Waals surface area contributed by atoms with Crippen molar-refractivity contribution in [3.05, 3.63) is 47.8 Å². The van der Waals surface area contributed by atoms with E-state index in [4.69, 9.17) is 0 Å². The molecule has 3 heterocycles. The van der Waals surface area contributed by atoms with E-state index in [1.165, 1.54) is 18.0 Å². The normalized spacial score (nSPS) is 19.3. The van der Waals surface area contributed by atoms with Gasteiger partial charge in [0.15, 0.2) is 0 Å². The van der Waals surface area contributed by atoms with Crippen molar-refractivity contribution in [3.8, 4) is 0 Å². The number of carbonyl (C=O) groups is 3. The van der Waals surface area contributed by atoms with E-state index in [9.17, 15) is 19.5 Å². The van der Waals surface area contributed by atoms with E-state index in [0.29, 0.717) is 12.4 Å². The van der Waals surface area contributed by atoms with Gasteiger partial charge in [0, 0.05) is 52.1 Å². The molecule has 0 unspecified atom stereocenters. The Hall–Kier alpha value is -3.27. The average Bonchev–Trinajstić information content (AvgIpc) is 3.37. The Morgan fingerprint density at radius 3 is 2.58 bits per heavy atom. The highest BCUT2D eigenvalue weighted by molar-refractivity contribution is 5.92. The summed E-state index contributed by atoms with van der Waals surface area (Å²) < 4.78 is 0. The number of nitrogens with one attached hydrogen (secondary N) is 2. The van der Waals surface area contributed by atoms with Crippen LogP contribution in [0.2, 0.25) is 0 Å². The number of amides is 3. The molecule has 0 spiro atoms. The number of imidazole rings is 1. The highest BCUT2D eigenvalue weighted by Crippen LogP contribution is 2.33. The summed E-state index contributed by atoms with van der Waals surface area (Å²) in [6.45, 7) is 7.51. The number of hydrogen-bond acceptors (Lipinski definition) is 6. The molecular formula is C23H32N6O4. The van der Waals surface area contributed by atoms with Crippen LogP contribution >= 0.6 is 0 Å². The van der Waals surface area contributed by atoms with Gasteiger partial charge >= 0.3 is 0 Å². The van der Waals surface area contributed by atoms with Crippen LogP contribution in [0.4, 0.5) is 0 Å². The van der Waals surface area contributed by atoms with Gasteiger partial charge in [0.05, 0.1) is 12.1 Å².